The number of esters is 1. The van der Waals surface area contributed by atoms with Crippen LogP contribution in [0.1, 0.15) is 12.0 Å². The summed E-state index contributed by atoms with van der Waals surface area (Å²) in [5.74, 6) is 1.06. The van der Waals surface area contributed by atoms with Crippen LogP contribution < -0.4 is 10.5 Å². The summed E-state index contributed by atoms with van der Waals surface area (Å²) in [6.45, 7) is 0. The van der Waals surface area contributed by atoms with Gasteiger partial charge in [0.2, 0.25) is 0 Å². The number of ether oxygens (including phenoxy) is 2. The number of rotatable bonds is 8. The first-order chi connectivity index (χ1) is 9.99. The lowest BCUT2D eigenvalue weighted by atomic mass is 10.2. The molecule has 2 N–H and O–H groups in total. The maximum atomic E-state index is 11.1. The van der Waals surface area contributed by atoms with Crippen molar-refractivity contribution in [1.82, 2.24) is 0 Å². The number of methoxy groups -OCH3 is 2. The van der Waals surface area contributed by atoms with E-state index in [1.807, 2.05) is 0 Å². The Labute approximate surface area is 126 Å². The summed E-state index contributed by atoms with van der Waals surface area (Å²) in [4.78, 5) is 21.6. The van der Waals surface area contributed by atoms with Crippen LogP contribution in [0.25, 0.3) is 0 Å². The Bertz CT molecular complexity index is 509. The first-order valence-corrected chi connectivity index (χ1v) is 7.37. The van der Waals surface area contributed by atoms with E-state index in [4.69, 9.17) is 10.5 Å². The number of carbonyl (C=O) groups excluding carboxylic acids is 1. The molecule has 8 heteroatoms. The summed E-state index contributed by atoms with van der Waals surface area (Å²) < 4.78 is 9.47. The molecule has 0 aliphatic carbocycles. The third kappa shape index (κ3) is 5.24. The van der Waals surface area contributed by atoms with Gasteiger partial charge in [-0.3, -0.25) is 14.9 Å². The number of nitro groups is 1. The normalized spacial score (nSPS) is 11.8. The Hall–Kier alpha value is -1.80. The van der Waals surface area contributed by atoms with Gasteiger partial charge in [-0.2, -0.15) is 11.8 Å². The van der Waals surface area contributed by atoms with Gasteiger partial charge >= 0.3 is 11.7 Å². The fourth-order valence-corrected chi connectivity index (χ4v) is 2.62. The zero-order valence-electron chi connectivity index (χ0n) is 11.9. The summed E-state index contributed by atoms with van der Waals surface area (Å²) in [5, 5.41) is 10.9. The largest absolute Gasteiger partial charge is 0.490 e. The van der Waals surface area contributed by atoms with Crippen molar-refractivity contribution in [2.45, 2.75) is 18.2 Å². The summed E-state index contributed by atoms with van der Waals surface area (Å²) in [7, 11) is 2.69. The number of nitrogens with two attached hydrogens (primary N) is 1. The van der Waals surface area contributed by atoms with Crippen molar-refractivity contribution < 1.29 is 19.2 Å². The standard InChI is InChI=1S/C13H18N2O5S/c1-19-12-4-3-9(7-11(12)15(17)18)8-21-6-5-10(14)13(16)20-2/h3-4,7,10H,5-6,8,14H2,1-2H3. The molecular formula is C13H18N2O5S. The number of thioether (sulfide) groups is 1. The quantitative estimate of drug-likeness (QED) is 0.337. The van der Waals surface area contributed by atoms with Gasteiger partial charge in [0.1, 0.15) is 6.04 Å². The number of benzene rings is 1. The average Bonchev–Trinajstić information content (AvgIpc) is 2.50. The molecule has 0 saturated heterocycles. The smallest absolute Gasteiger partial charge is 0.322 e. The fraction of sp³-hybridized carbons (Fsp3) is 0.462. The Morgan fingerprint density at radius 3 is 2.76 bits per heavy atom. The average molecular weight is 314 g/mol. The molecule has 1 rings (SSSR count). The number of nitrogens with zero attached hydrogens (tertiary/aromatic N) is 1. The number of carbonyl (C=O) groups is 1. The highest BCUT2D eigenvalue weighted by molar-refractivity contribution is 7.98. The van der Waals surface area contributed by atoms with Crippen molar-refractivity contribution in [3.8, 4) is 5.75 Å². The van der Waals surface area contributed by atoms with Crippen molar-refractivity contribution >= 4 is 23.4 Å². The minimum absolute atomic E-state index is 0.0538. The highest BCUT2D eigenvalue weighted by Gasteiger charge is 2.16. The molecule has 116 valence electrons. The molecule has 0 aliphatic rings. The van der Waals surface area contributed by atoms with Gasteiger partial charge in [0.25, 0.3) is 0 Å². The van der Waals surface area contributed by atoms with Gasteiger partial charge in [0.05, 0.1) is 19.1 Å². The fourth-order valence-electron chi connectivity index (χ4n) is 1.64. The molecule has 21 heavy (non-hydrogen) atoms. The second-order valence-electron chi connectivity index (χ2n) is 4.23. The lowest BCUT2D eigenvalue weighted by Crippen LogP contribution is -2.31. The first-order valence-electron chi connectivity index (χ1n) is 6.22. The molecule has 1 aromatic rings. The summed E-state index contributed by atoms with van der Waals surface area (Å²) >= 11 is 1.55. The third-order valence-electron chi connectivity index (χ3n) is 2.79. The monoisotopic (exact) mass is 314 g/mol. The van der Waals surface area contributed by atoms with Crippen molar-refractivity contribution in [3.63, 3.8) is 0 Å². The van der Waals surface area contributed by atoms with Crippen LogP contribution in [0.3, 0.4) is 0 Å². The van der Waals surface area contributed by atoms with Crippen LogP contribution in [0.2, 0.25) is 0 Å². The molecule has 0 spiro atoms. The Balaban J connectivity index is 2.51. The second-order valence-corrected chi connectivity index (χ2v) is 5.34. The van der Waals surface area contributed by atoms with Gasteiger partial charge in [-0.25, -0.2) is 0 Å². The Kier molecular flexibility index (Phi) is 6.97. The van der Waals surface area contributed by atoms with Crippen LogP contribution >= 0.6 is 11.8 Å². The van der Waals surface area contributed by atoms with Gasteiger partial charge in [0.15, 0.2) is 5.75 Å². The van der Waals surface area contributed by atoms with E-state index in [1.165, 1.54) is 20.3 Å². The highest BCUT2D eigenvalue weighted by Crippen LogP contribution is 2.29. The van der Waals surface area contributed by atoms with Crippen molar-refractivity contribution in [2.75, 3.05) is 20.0 Å². The van der Waals surface area contributed by atoms with E-state index in [2.05, 4.69) is 4.74 Å². The molecule has 1 unspecified atom stereocenters. The highest BCUT2D eigenvalue weighted by atomic mass is 32.2. The molecule has 1 atom stereocenters. The molecule has 0 amide bonds. The van der Waals surface area contributed by atoms with E-state index in [-0.39, 0.29) is 11.4 Å². The van der Waals surface area contributed by atoms with Crippen molar-refractivity contribution in [2.24, 2.45) is 5.73 Å². The van der Waals surface area contributed by atoms with E-state index in [1.54, 1.807) is 23.9 Å². The molecule has 0 aromatic heterocycles. The van der Waals surface area contributed by atoms with Crippen LogP contribution in [0.5, 0.6) is 5.75 Å². The molecule has 0 bridgehead atoms. The van der Waals surface area contributed by atoms with E-state index in [0.29, 0.717) is 17.9 Å². The molecule has 0 saturated carbocycles. The lowest BCUT2D eigenvalue weighted by Gasteiger charge is -2.09. The summed E-state index contributed by atoms with van der Waals surface area (Å²) in [5.41, 5.74) is 6.38. The predicted molar refractivity (Wildman–Crippen MR) is 80.4 cm³/mol. The Morgan fingerprint density at radius 1 is 1.48 bits per heavy atom. The molecule has 0 aliphatic heterocycles. The van der Waals surface area contributed by atoms with E-state index < -0.39 is 16.9 Å². The minimum Gasteiger partial charge on any atom is -0.490 e. The van der Waals surface area contributed by atoms with E-state index in [0.717, 1.165) is 5.56 Å². The molecule has 1 aromatic carbocycles. The van der Waals surface area contributed by atoms with Crippen LogP contribution in [0.15, 0.2) is 18.2 Å². The minimum atomic E-state index is -0.632. The van der Waals surface area contributed by atoms with E-state index >= 15 is 0 Å². The molecule has 7 nitrogen and oxygen atoms in total. The molecule has 0 fully saturated rings. The van der Waals surface area contributed by atoms with Gasteiger partial charge in [-0.05, 0) is 23.8 Å². The van der Waals surface area contributed by atoms with Crippen molar-refractivity contribution in [3.05, 3.63) is 33.9 Å². The third-order valence-corrected chi connectivity index (χ3v) is 3.85. The first kappa shape index (κ1) is 17.3. The summed E-state index contributed by atoms with van der Waals surface area (Å²) in [6.07, 6.45) is 0.496. The van der Waals surface area contributed by atoms with Gasteiger partial charge < -0.3 is 15.2 Å². The number of hydrogen-bond donors (Lipinski definition) is 1. The lowest BCUT2D eigenvalue weighted by molar-refractivity contribution is -0.385. The summed E-state index contributed by atoms with van der Waals surface area (Å²) in [6, 6.07) is 4.21. The molecular weight excluding hydrogens is 296 g/mol. The predicted octanol–water partition coefficient (Wildman–Crippen LogP) is 1.73. The number of hydrogen-bond acceptors (Lipinski definition) is 7. The zero-order valence-corrected chi connectivity index (χ0v) is 12.7. The van der Waals surface area contributed by atoms with Gasteiger partial charge in [-0.1, -0.05) is 6.07 Å². The van der Waals surface area contributed by atoms with Crippen LogP contribution in [0.4, 0.5) is 5.69 Å². The Morgan fingerprint density at radius 2 is 2.19 bits per heavy atom. The maximum Gasteiger partial charge on any atom is 0.322 e. The van der Waals surface area contributed by atoms with Crippen molar-refractivity contribution in [1.29, 1.82) is 0 Å². The van der Waals surface area contributed by atoms with Crippen LogP contribution in [-0.4, -0.2) is 36.9 Å². The maximum absolute atomic E-state index is 11.1. The topological polar surface area (TPSA) is 105 Å². The second kappa shape index (κ2) is 8.48. The van der Waals surface area contributed by atoms with E-state index in [9.17, 15) is 14.9 Å². The van der Waals surface area contributed by atoms with Gasteiger partial charge in [-0.15, -0.1) is 0 Å². The SMILES string of the molecule is COC(=O)C(N)CCSCc1ccc(OC)c([N+](=O)[O-])c1. The molecule has 0 radical (unpaired) electrons. The number of nitro benzene ring substituents is 1. The van der Waals surface area contributed by atoms with Crippen LogP contribution in [-0.2, 0) is 15.3 Å². The molecule has 0 heterocycles. The zero-order chi connectivity index (χ0) is 15.8. The van der Waals surface area contributed by atoms with Crippen LogP contribution in [0, 0.1) is 10.1 Å². The van der Waals surface area contributed by atoms with Gasteiger partial charge in [0, 0.05) is 11.8 Å².